The number of nitrogen functional groups attached to an aromatic ring is 1. The second kappa shape index (κ2) is 6.79. The lowest BCUT2D eigenvalue weighted by atomic mass is 9.90. The van der Waals surface area contributed by atoms with Gasteiger partial charge in [0, 0.05) is 16.8 Å². The number of aromatic nitrogens is 1. The van der Waals surface area contributed by atoms with Crippen molar-refractivity contribution < 1.29 is 4.79 Å². The summed E-state index contributed by atoms with van der Waals surface area (Å²) >= 11 is 3.13. The summed E-state index contributed by atoms with van der Waals surface area (Å²) in [6.45, 7) is 2.96. The average Bonchev–Trinajstić information content (AvgIpc) is 3.09. The van der Waals surface area contributed by atoms with E-state index >= 15 is 0 Å². The minimum atomic E-state index is 0.0600. The summed E-state index contributed by atoms with van der Waals surface area (Å²) in [4.78, 5) is 18.7. The molecule has 0 saturated heterocycles. The molecule has 118 valence electrons. The molecule has 1 aliphatic carbocycles. The Hall–Kier alpha value is -1.40. The highest BCUT2D eigenvalue weighted by Gasteiger charge is 2.20. The van der Waals surface area contributed by atoms with Crippen LogP contribution in [0, 0.1) is 5.92 Å². The molecule has 0 bridgehead atoms. The van der Waals surface area contributed by atoms with Gasteiger partial charge >= 0.3 is 0 Å². The van der Waals surface area contributed by atoms with Gasteiger partial charge in [-0.3, -0.25) is 4.79 Å². The molecule has 6 heteroatoms. The molecule has 1 atom stereocenters. The Labute approximate surface area is 138 Å². The number of hydrogen-bond acceptors (Lipinski definition) is 5. The van der Waals surface area contributed by atoms with Gasteiger partial charge in [0.05, 0.1) is 10.6 Å². The molecule has 1 unspecified atom stereocenters. The summed E-state index contributed by atoms with van der Waals surface area (Å²) in [5, 5.41) is 5.60. The fraction of sp³-hybridized carbons (Fsp3) is 0.500. The van der Waals surface area contributed by atoms with Crippen molar-refractivity contribution in [3.63, 3.8) is 0 Å². The number of fused-ring (bicyclic) bond motifs is 1. The standard InChI is InChI=1S/C16H21N3OS2/c1-10-4-5-13-11(7-10)8-14(22-13)15(20)18-6-2-3-12-9-21-16(17)19-12/h8-10H,2-7H2,1H3,(H2,17,19)(H,18,20). The van der Waals surface area contributed by atoms with E-state index in [9.17, 15) is 4.79 Å². The van der Waals surface area contributed by atoms with Crippen molar-refractivity contribution in [1.82, 2.24) is 10.3 Å². The Morgan fingerprint density at radius 3 is 3.18 bits per heavy atom. The van der Waals surface area contributed by atoms with E-state index < -0.39 is 0 Å². The van der Waals surface area contributed by atoms with Crippen LogP contribution in [0.25, 0.3) is 0 Å². The SMILES string of the molecule is CC1CCc2sc(C(=O)NCCCc3csc(N)n3)cc2C1. The maximum absolute atomic E-state index is 12.2. The smallest absolute Gasteiger partial charge is 0.261 e. The largest absolute Gasteiger partial charge is 0.375 e. The molecular weight excluding hydrogens is 314 g/mol. The van der Waals surface area contributed by atoms with Crippen molar-refractivity contribution in [1.29, 1.82) is 0 Å². The highest BCUT2D eigenvalue weighted by Crippen LogP contribution is 2.32. The zero-order valence-electron chi connectivity index (χ0n) is 12.7. The van der Waals surface area contributed by atoms with Crippen molar-refractivity contribution in [2.45, 2.75) is 39.0 Å². The Bertz CT molecular complexity index is 662. The third-order valence-corrected chi connectivity index (χ3v) is 5.98. The van der Waals surface area contributed by atoms with Crippen molar-refractivity contribution in [2.75, 3.05) is 12.3 Å². The van der Waals surface area contributed by atoms with Crippen LogP contribution in [0.3, 0.4) is 0 Å². The number of carbonyl (C=O) groups excluding carboxylic acids is 1. The van der Waals surface area contributed by atoms with Crippen molar-refractivity contribution in [2.24, 2.45) is 5.92 Å². The van der Waals surface area contributed by atoms with E-state index in [0.717, 1.165) is 42.2 Å². The predicted octanol–water partition coefficient (Wildman–Crippen LogP) is 3.27. The minimum absolute atomic E-state index is 0.0600. The zero-order chi connectivity index (χ0) is 15.5. The van der Waals surface area contributed by atoms with Crippen LogP contribution in [-0.4, -0.2) is 17.4 Å². The van der Waals surface area contributed by atoms with Gasteiger partial charge in [-0.1, -0.05) is 6.92 Å². The van der Waals surface area contributed by atoms with Crippen LogP contribution in [0.2, 0.25) is 0 Å². The fourth-order valence-corrected chi connectivity index (χ4v) is 4.54. The van der Waals surface area contributed by atoms with Crippen LogP contribution in [0.15, 0.2) is 11.4 Å². The number of anilines is 1. The lowest BCUT2D eigenvalue weighted by Gasteiger charge is -2.16. The lowest BCUT2D eigenvalue weighted by Crippen LogP contribution is -2.23. The van der Waals surface area contributed by atoms with Gasteiger partial charge in [-0.2, -0.15) is 0 Å². The number of amides is 1. The van der Waals surface area contributed by atoms with Crippen molar-refractivity contribution in [3.8, 4) is 0 Å². The van der Waals surface area contributed by atoms with Gasteiger partial charge in [0.2, 0.25) is 0 Å². The maximum Gasteiger partial charge on any atom is 0.261 e. The monoisotopic (exact) mass is 335 g/mol. The van der Waals surface area contributed by atoms with E-state index in [-0.39, 0.29) is 5.91 Å². The molecule has 0 spiro atoms. The van der Waals surface area contributed by atoms with Crippen LogP contribution < -0.4 is 11.1 Å². The molecule has 4 nitrogen and oxygen atoms in total. The Morgan fingerprint density at radius 1 is 1.55 bits per heavy atom. The van der Waals surface area contributed by atoms with E-state index in [1.807, 2.05) is 5.38 Å². The van der Waals surface area contributed by atoms with Crippen molar-refractivity contribution in [3.05, 3.63) is 32.5 Å². The minimum Gasteiger partial charge on any atom is -0.375 e. The number of thiophene rings is 1. The molecule has 2 heterocycles. The van der Waals surface area contributed by atoms with E-state index in [2.05, 4.69) is 23.3 Å². The first kappa shape index (κ1) is 15.5. The normalized spacial score (nSPS) is 17.2. The first-order valence-corrected chi connectivity index (χ1v) is 9.41. The molecule has 0 aliphatic heterocycles. The molecule has 0 fully saturated rings. The van der Waals surface area contributed by atoms with Gasteiger partial charge in [-0.25, -0.2) is 4.98 Å². The number of nitrogens with one attached hydrogen (secondary N) is 1. The number of nitrogens with two attached hydrogens (primary N) is 1. The fourth-order valence-electron chi connectivity index (χ4n) is 2.81. The van der Waals surface area contributed by atoms with Gasteiger partial charge in [-0.05, 0) is 49.7 Å². The topological polar surface area (TPSA) is 68.0 Å². The van der Waals surface area contributed by atoms with Gasteiger partial charge in [0.25, 0.3) is 5.91 Å². The summed E-state index contributed by atoms with van der Waals surface area (Å²) in [6.07, 6.45) is 5.22. The number of nitrogens with zero attached hydrogens (tertiary/aromatic N) is 1. The summed E-state index contributed by atoms with van der Waals surface area (Å²) in [5.41, 5.74) is 8.00. The molecule has 3 N–H and O–H groups in total. The van der Waals surface area contributed by atoms with Gasteiger partial charge in [0.15, 0.2) is 5.13 Å². The summed E-state index contributed by atoms with van der Waals surface area (Å²) in [7, 11) is 0. The average molecular weight is 335 g/mol. The zero-order valence-corrected chi connectivity index (χ0v) is 14.4. The number of aryl methyl sites for hydroxylation is 2. The molecule has 3 rings (SSSR count). The number of thiazole rings is 1. The van der Waals surface area contributed by atoms with E-state index in [1.165, 1.54) is 28.2 Å². The van der Waals surface area contributed by atoms with Crippen LogP contribution in [0.5, 0.6) is 0 Å². The van der Waals surface area contributed by atoms with Crippen molar-refractivity contribution >= 4 is 33.7 Å². The van der Waals surface area contributed by atoms with Gasteiger partial charge < -0.3 is 11.1 Å². The highest BCUT2D eigenvalue weighted by molar-refractivity contribution is 7.14. The summed E-state index contributed by atoms with van der Waals surface area (Å²) in [5.74, 6) is 0.799. The number of rotatable bonds is 5. The van der Waals surface area contributed by atoms with Gasteiger partial charge in [-0.15, -0.1) is 22.7 Å². The van der Waals surface area contributed by atoms with Crippen LogP contribution in [-0.2, 0) is 19.3 Å². The third kappa shape index (κ3) is 3.67. The Balaban J connectivity index is 1.48. The molecule has 0 radical (unpaired) electrons. The van der Waals surface area contributed by atoms with E-state index in [0.29, 0.717) is 11.7 Å². The molecular formula is C16H21N3OS2. The molecule has 22 heavy (non-hydrogen) atoms. The van der Waals surface area contributed by atoms with E-state index in [4.69, 9.17) is 5.73 Å². The Morgan fingerprint density at radius 2 is 2.41 bits per heavy atom. The molecule has 0 aromatic carbocycles. The number of carbonyl (C=O) groups is 1. The summed E-state index contributed by atoms with van der Waals surface area (Å²) < 4.78 is 0. The lowest BCUT2D eigenvalue weighted by molar-refractivity contribution is 0.0957. The maximum atomic E-state index is 12.2. The van der Waals surface area contributed by atoms with Crippen LogP contribution >= 0.6 is 22.7 Å². The quantitative estimate of drug-likeness (QED) is 0.824. The first-order chi connectivity index (χ1) is 10.6. The summed E-state index contributed by atoms with van der Waals surface area (Å²) in [6, 6.07) is 2.09. The van der Waals surface area contributed by atoms with Gasteiger partial charge in [0.1, 0.15) is 0 Å². The predicted molar refractivity (Wildman–Crippen MR) is 92.7 cm³/mol. The second-order valence-corrected chi connectivity index (χ2v) is 7.97. The molecule has 2 aromatic rings. The number of hydrogen-bond donors (Lipinski definition) is 2. The van der Waals surface area contributed by atoms with E-state index in [1.54, 1.807) is 11.3 Å². The molecule has 0 saturated carbocycles. The van der Waals surface area contributed by atoms with Crippen LogP contribution in [0.4, 0.5) is 5.13 Å². The van der Waals surface area contributed by atoms with Crippen LogP contribution in [0.1, 0.15) is 45.6 Å². The first-order valence-electron chi connectivity index (χ1n) is 7.71. The Kier molecular flexibility index (Phi) is 4.78. The third-order valence-electron chi connectivity index (χ3n) is 4.02. The molecule has 1 aliphatic rings. The molecule has 1 amide bonds. The second-order valence-electron chi connectivity index (χ2n) is 5.94. The highest BCUT2D eigenvalue weighted by atomic mass is 32.1. The molecule has 2 aromatic heterocycles.